The van der Waals surface area contributed by atoms with E-state index in [9.17, 15) is 0 Å². The second-order valence-corrected chi connectivity index (χ2v) is 4.46. The van der Waals surface area contributed by atoms with Gasteiger partial charge in [-0.05, 0) is 55.7 Å². The first-order valence-electron chi connectivity index (χ1n) is 6.22. The van der Waals surface area contributed by atoms with E-state index in [1.807, 2.05) is 31.2 Å². The zero-order valence-electron chi connectivity index (χ0n) is 11.2. The highest BCUT2D eigenvalue weighted by atomic mass is 16.5. The molecule has 2 aromatic rings. The Balaban J connectivity index is 2.52. The van der Waals surface area contributed by atoms with Crippen molar-refractivity contribution < 1.29 is 4.74 Å². The van der Waals surface area contributed by atoms with Gasteiger partial charge in [-0.15, -0.1) is 0 Å². The fraction of sp³-hybridized carbons (Fsp3) is 0.250. The number of para-hydroxylation sites is 1. The molecule has 0 amide bonds. The van der Waals surface area contributed by atoms with Crippen molar-refractivity contribution in [3.05, 3.63) is 47.5 Å². The Labute approximate surface area is 108 Å². The molecule has 2 N–H and O–H groups in total. The first-order chi connectivity index (χ1) is 8.63. The second-order valence-electron chi connectivity index (χ2n) is 4.46. The van der Waals surface area contributed by atoms with E-state index in [2.05, 4.69) is 26.0 Å². The van der Waals surface area contributed by atoms with Crippen molar-refractivity contribution >= 4 is 5.69 Å². The molecule has 0 aliphatic rings. The number of nitrogen functional groups attached to an aromatic ring is 1. The average molecular weight is 241 g/mol. The number of hydrogen-bond acceptors (Lipinski definition) is 2. The van der Waals surface area contributed by atoms with Crippen LogP contribution in [0.1, 0.15) is 18.1 Å². The third kappa shape index (κ3) is 2.33. The maximum atomic E-state index is 6.02. The number of hydrogen-bond donors (Lipinski definition) is 1. The highest BCUT2D eigenvalue weighted by molar-refractivity contribution is 5.77. The van der Waals surface area contributed by atoms with Gasteiger partial charge in [-0.2, -0.15) is 0 Å². The van der Waals surface area contributed by atoms with E-state index in [4.69, 9.17) is 10.5 Å². The quantitative estimate of drug-likeness (QED) is 0.826. The van der Waals surface area contributed by atoms with Gasteiger partial charge in [0.05, 0.1) is 6.61 Å². The van der Waals surface area contributed by atoms with Gasteiger partial charge in [-0.3, -0.25) is 0 Å². The molecule has 2 heteroatoms. The van der Waals surface area contributed by atoms with E-state index < -0.39 is 0 Å². The molecular weight excluding hydrogens is 222 g/mol. The van der Waals surface area contributed by atoms with E-state index >= 15 is 0 Å². The number of ether oxygens (including phenoxy) is 1. The maximum Gasteiger partial charge on any atom is 0.125 e. The Morgan fingerprint density at radius 1 is 1.06 bits per heavy atom. The number of benzene rings is 2. The van der Waals surface area contributed by atoms with Crippen LogP contribution in [0.4, 0.5) is 5.69 Å². The van der Waals surface area contributed by atoms with Crippen LogP contribution < -0.4 is 10.5 Å². The molecule has 94 valence electrons. The zero-order valence-corrected chi connectivity index (χ0v) is 11.2. The van der Waals surface area contributed by atoms with Crippen LogP contribution in [0.3, 0.4) is 0 Å². The minimum atomic E-state index is 0.689. The standard InChI is InChI=1S/C16H19NO/c1-4-18-16-11(2)9-13(10-12(16)3)14-7-5-6-8-15(14)17/h5-10H,4,17H2,1-3H3. The highest BCUT2D eigenvalue weighted by Gasteiger charge is 2.08. The van der Waals surface area contributed by atoms with E-state index in [-0.39, 0.29) is 0 Å². The van der Waals surface area contributed by atoms with Gasteiger partial charge in [-0.25, -0.2) is 0 Å². The van der Waals surface area contributed by atoms with E-state index in [0.717, 1.165) is 33.7 Å². The molecule has 0 radical (unpaired) electrons. The summed E-state index contributed by atoms with van der Waals surface area (Å²) < 4.78 is 5.66. The van der Waals surface area contributed by atoms with Gasteiger partial charge in [0.2, 0.25) is 0 Å². The highest BCUT2D eigenvalue weighted by Crippen LogP contribution is 2.32. The van der Waals surface area contributed by atoms with Crippen molar-refractivity contribution in [1.82, 2.24) is 0 Å². The van der Waals surface area contributed by atoms with Gasteiger partial charge >= 0.3 is 0 Å². The van der Waals surface area contributed by atoms with Crippen molar-refractivity contribution in [2.75, 3.05) is 12.3 Å². The van der Waals surface area contributed by atoms with Crippen LogP contribution >= 0.6 is 0 Å². The normalized spacial score (nSPS) is 10.4. The summed E-state index contributed by atoms with van der Waals surface area (Å²) in [5.74, 6) is 0.982. The van der Waals surface area contributed by atoms with Crippen molar-refractivity contribution in [1.29, 1.82) is 0 Å². The Bertz CT molecular complexity index is 538. The van der Waals surface area contributed by atoms with Crippen LogP contribution in [-0.4, -0.2) is 6.61 Å². The van der Waals surface area contributed by atoms with Crippen molar-refractivity contribution in [3.8, 4) is 16.9 Å². The molecule has 0 saturated carbocycles. The Hall–Kier alpha value is -1.96. The van der Waals surface area contributed by atoms with Gasteiger partial charge in [0.1, 0.15) is 5.75 Å². The van der Waals surface area contributed by atoms with Crippen LogP contribution in [-0.2, 0) is 0 Å². The first-order valence-corrected chi connectivity index (χ1v) is 6.22. The number of nitrogens with two attached hydrogens (primary N) is 1. The number of aryl methyl sites for hydroxylation is 2. The fourth-order valence-corrected chi connectivity index (χ4v) is 2.24. The molecule has 0 aromatic heterocycles. The van der Waals surface area contributed by atoms with E-state index in [1.165, 1.54) is 0 Å². The predicted molar refractivity (Wildman–Crippen MR) is 76.9 cm³/mol. The Morgan fingerprint density at radius 2 is 1.67 bits per heavy atom. The smallest absolute Gasteiger partial charge is 0.125 e. The number of rotatable bonds is 3. The van der Waals surface area contributed by atoms with Crippen molar-refractivity contribution in [2.45, 2.75) is 20.8 Å². The average Bonchev–Trinajstić information content (AvgIpc) is 2.34. The second kappa shape index (κ2) is 5.13. The summed E-state index contributed by atoms with van der Waals surface area (Å²) in [7, 11) is 0. The summed E-state index contributed by atoms with van der Waals surface area (Å²) >= 11 is 0. The fourth-order valence-electron chi connectivity index (χ4n) is 2.24. The Kier molecular flexibility index (Phi) is 3.56. The van der Waals surface area contributed by atoms with Gasteiger partial charge in [-0.1, -0.05) is 18.2 Å². The summed E-state index contributed by atoms with van der Waals surface area (Å²) in [5.41, 5.74) is 11.3. The molecule has 0 heterocycles. The third-order valence-corrected chi connectivity index (χ3v) is 3.02. The lowest BCUT2D eigenvalue weighted by atomic mass is 9.98. The van der Waals surface area contributed by atoms with Crippen LogP contribution in [0.15, 0.2) is 36.4 Å². The molecule has 2 aromatic carbocycles. The summed E-state index contributed by atoms with van der Waals surface area (Å²) in [4.78, 5) is 0. The summed E-state index contributed by atoms with van der Waals surface area (Å²) in [6.45, 7) is 6.83. The lowest BCUT2D eigenvalue weighted by Gasteiger charge is -2.14. The maximum absolute atomic E-state index is 6.02. The molecule has 0 aliphatic carbocycles. The van der Waals surface area contributed by atoms with Crippen LogP contribution in [0.25, 0.3) is 11.1 Å². The molecular formula is C16H19NO. The van der Waals surface area contributed by atoms with E-state index in [1.54, 1.807) is 0 Å². The largest absolute Gasteiger partial charge is 0.493 e. The molecule has 0 aliphatic heterocycles. The summed E-state index contributed by atoms with van der Waals surface area (Å²) in [6.07, 6.45) is 0. The molecule has 0 atom stereocenters. The third-order valence-electron chi connectivity index (χ3n) is 3.02. The predicted octanol–water partition coefficient (Wildman–Crippen LogP) is 3.95. The molecule has 18 heavy (non-hydrogen) atoms. The summed E-state index contributed by atoms with van der Waals surface area (Å²) in [5, 5.41) is 0. The summed E-state index contributed by atoms with van der Waals surface area (Å²) in [6, 6.07) is 12.2. The lowest BCUT2D eigenvalue weighted by molar-refractivity contribution is 0.335. The monoisotopic (exact) mass is 241 g/mol. The molecule has 0 saturated heterocycles. The van der Waals surface area contributed by atoms with Crippen molar-refractivity contribution in [2.24, 2.45) is 0 Å². The topological polar surface area (TPSA) is 35.2 Å². The molecule has 0 bridgehead atoms. The molecule has 0 spiro atoms. The van der Waals surface area contributed by atoms with E-state index in [0.29, 0.717) is 6.61 Å². The molecule has 0 unspecified atom stereocenters. The van der Waals surface area contributed by atoms with Crippen LogP contribution in [0.5, 0.6) is 5.75 Å². The van der Waals surface area contributed by atoms with Gasteiger partial charge in [0, 0.05) is 11.3 Å². The minimum absolute atomic E-state index is 0.689. The first kappa shape index (κ1) is 12.5. The van der Waals surface area contributed by atoms with Gasteiger partial charge < -0.3 is 10.5 Å². The van der Waals surface area contributed by atoms with Gasteiger partial charge in [0.25, 0.3) is 0 Å². The molecule has 2 nitrogen and oxygen atoms in total. The lowest BCUT2D eigenvalue weighted by Crippen LogP contribution is -1.98. The Morgan fingerprint density at radius 3 is 2.22 bits per heavy atom. The van der Waals surface area contributed by atoms with Gasteiger partial charge in [0.15, 0.2) is 0 Å². The van der Waals surface area contributed by atoms with Crippen LogP contribution in [0.2, 0.25) is 0 Å². The number of anilines is 1. The zero-order chi connectivity index (χ0) is 13.1. The minimum Gasteiger partial charge on any atom is -0.493 e. The van der Waals surface area contributed by atoms with Crippen LogP contribution in [0, 0.1) is 13.8 Å². The van der Waals surface area contributed by atoms with Crippen molar-refractivity contribution in [3.63, 3.8) is 0 Å². The molecule has 2 rings (SSSR count). The molecule has 0 fully saturated rings. The SMILES string of the molecule is CCOc1c(C)cc(-c2ccccc2N)cc1C.